The number of carbonyl (C=O) groups excluding carboxylic acids is 5. The standard InChI is InChI=1S/2C30H41NO5S.2C13H24.C12H22O.C10H18O.C8H14O.2CH4/c2*1-8-15-27(3,4)29(7,9-2)17-18-36-26(33)23-13-11-10-12-22(23)25(32)31-24-19-21-14-16-30(24,28(21,5)6)20-37(31,34)35;2*1-7-10-12(4,5)13(6,9-3)11-8-2;1-6-8-11(3,4)12(5,7-2)9-10-13;1-5-7-10(3,4)9(2)6-8-11;1-5-6-8(3,4)7(2)9;;/h2*8-13,21,24H,1-2,14-20H2,3-7H3;2*7,9H,1,3,8,10-11H2,2,4-6H3;6-7,13H,1-2,8-10H2,3-5H3;5-6,11H,1,7-8H2,2-4H3;5H,1,6H2,2-4H3;2*1H4/b;;;;;9-6+;;;/t2*21?,24?,29-,30?;2*13-;;;;;/m1010...../s1. The third-order valence-corrected chi connectivity index (χ3v) is 38.6. The normalized spacial score (nSPS) is 22.3. The Balaban J connectivity index is 0.00000168. The van der Waals surface area contributed by atoms with Gasteiger partial charge in [0, 0.05) is 22.9 Å². The van der Waals surface area contributed by atoms with Crippen molar-refractivity contribution in [2.24, 2.45) is 98.5 Å². The summed E-state index contributed by atoms with van der Waals surface area (Å²) in [4.78, 5) is 64.8. The van der Waals surface area contributed by atoms with Gasteiger partial charge in [-0.25, -0.2) is 35.0 Å². The van der Waals surface area contributed by atoms with Crippen LogP contribution in [0.15, 0.2) is 212 Å². The molecule has 2 aromatic rings. The molecule has 6 fully saturated rings. The minimum atomic E-state index is -3.80. The number of nitrogens with zero attached hydrogens (tertiary/aromatic N) is 2. The average Bonchev–Trinajstić information content (AvgIpc) is 1.51. The number of amides is 2. The van der Waals surface area contributed by atoms with Crippen molar-refractivity contribution >= 4 is 49.6 Å². The minimum Gasteiger partial charge on any atom is -0.462 e. The van der Waals surface area contributed by atoms with Gasteiger partial charge in [-0.2, -0.15) is 0 Å². The van der Waals surface area contributed by atoms with Gasteiger partial charge < -0.3 is 19.7 Å². The SMILES string of the molecule is C.C.C=CCC(C)(C)/C(C)=C/CO.C=CCC(C)(C)C(C)(C=C)CCO.C=CCC(C)(C)C(C)=O.C=CCC(C)(C)[C@@](C)(C=C)CCC.C=CCC(C)(C)[C@@](C)(C=C)CCOC(=O)c1ccccc1C(=O)N1C2CC3CCC2(CS1(=O)=O)C3(C)C.C=CCC(C)(C)[C@](C)(C=C)CCC.C=CCC(C)(C)[C@](C)(C=C)CCOC(=O)c1ccccc1C(=O)N1C2CC3CCC2(CS1(=O)=O)C3(C)C. The van der Waals surface area contributed by atoms with Crippen LogP contribution in [-0.4, -0.2) is 115 Å². The summed E-state index contributed by atoms with van der Waals surface area (Å²) in [5, 5.41) is 17.7. The van der Waals surface area contributed by atoms with Crippen LogP contribution in [-0.2, 0) is 34.3 Å². The Morgan fingerprint density at radius 2 is 0.667 bits per heavy atom. The maximum atomic E-state index is 13.8. The first-order valence-electron chi connectivity index (χ1n) is 48.7. The molecule has 2 spiro atoms. The fourth-order valence-electron chi connectivity index (χ4n) is 21.2. The Labute approximate surface area is 826 Å². The number of esters is 2. The van der Waals surface area contributed by atoms with E-state index in [2.05, 4.69) is 250 Å². The molecule has 6 aliphatic rings. The summed E-state index contributed by atoms with van der Waals surface area (Å²) in [6, 6.07) is 12.0. The second kappa shape index (κ2) is 51.0. The number of hydrogen-bond acceptors (Lipinski definition) is 13. The second-order valence-electron chi connectivity index (χ2n) is 45.7. The zero-order valence-electron chi connectivity index (χ0n) is 88.4. The van der Waals surface area contributed by atoms with Gasteiger partial charge >= 0.3 is 11.9 Å². The third kappa shape index (κ3) is 28.6. The van der Waals surface area contributed by atoms with Crippen molar-refractivity contribution in [2.75, 3.05) is 37.9 Å². The molecule has 4 aliphatic carbocycles. The highest BCUT2D eigenvalue weighted by atomic mass is 32.2. The lowest BCUT2D eigenvalue weighted by Crippen LogP contribution is -2.44. The summed E-state index contributed by atoms with van der Waals surface area (Å²) in [6.45, 7) is 105. The van der Waals surface area contributed by atoms with E-state index >= 15 is 0 Å². The third-order valence-electron chi connectivity index (χ3n) is 34.8. The molecule has 0 aromatic heterocycles. The van der Waals surface area contributed by atoms with Crippen LogP contribution < -0.4 is 0 Å². The Hall–Kier alpha value is -7.57. The molecule has 2 saturated heterocycles. The highest BCUT2D eigenvalue weighted by molar-refractivity contribution is 7.90. The van der Waals surface area contributed by atoms with E-state index in [1.165, 1.54) is 55.5 Å². The molecule has 17 heteroatoms. The summed E-state index contributed by atoms with van der Waals surface area (Å²) in [6.07, 6.45) is 43.2. The molecule has 15 nitrogen and oxygen atoms in total. The summed E-state index contributed by atoms with van der Waals surface area (Å²) in [5.74, 6) is -1.50. The van der Waals surface area contributed by atoms with E-state index in [1.807, 2.05) is 81.5 Å². The van der Waals surface area contributed by atoms with E-state index in [9.17, 15) is 40.8 Å². The molecule has 2 aromatic carbocycles. The highest BCUT2D eigenvalue weighted by Gasteiger charge is 2.74. The maximum Gasteiger partial charge on any atom is 0.338 e. The Kier molecular flexibility index (Phi) is 48.2. The van der Waals surface area contributed by atoms with Crippen LogP contribution in [0.25, 0.3) is 0 Å². The van der Waals surface area contributed by atoms with Crippen LogP contribution >= 0.6 is 0 Å². The number of fused-ring (bicyclic) bond motifs is 2. The molecule has 0 radical (unpaired) electrons. The topological polar surface area (TPSA) is 219 Å². The molecule has 2 amide bonds. The molecule has 135 heavy (non-hydrogen) atoms. The molecule has 4 saturated carbocycles. The number of sulfonamides is 2. The van der Waals surface area contributed by atoms with Crippen LogP contribution in [0.1, 0.15) is 372 Å². The molecule has 2 heterocycles. The molecule has 7 unspecified atom stereocenters. The van der Waals surface area contributed by atoms with Gasteiger partial charge in [-0.05, 0) is 236 Å². The first kappa shape index (κ1) is 127. The average molecular weight is 1910 g/mol. The van der Waals surface area contributed by atoms with Crippen molar-refractivity contribution in [3.8, 4) is 0 Å². The van der Waals surface area contributed by atoms with E-state index in [0.717, 1.165) is 85.7 Å². The number of aliphatic hydroxyl groups excluding tert-OH is 2. The predicted octanol–water partition coefficient (Wildman–Crippen LogP) is 30.3. The van der Waals surface area contributed by atoms with Gasteiger partial charge in [0.05, 0.1) is 65.7 Å². The number of hydrogen-bond donors (Lipinski definition) is 2. The fourth-order valence-corrected chi connectivity index (χ4v) is 26.2. The van der Waals surface area contributed by atoms with Gasteiger partial charge in [-0.3, -0.25) is 14.4 Å². The highest BCUT2D eigenvalue weighted by Crippen LogP contribution is 2.72. The monoisotopic (exact) mass is 1910 g/mol. The van der Waals surface area contributed by atoms with Crippen molar-refractivity contribution in [3.63, 3.8) is 0 Å². The molecule has 2 aliphatic heterocycles. The van der Waals surface area contributed by atoms with Crippen LogP contribution in [0.2, 0.25) is 0 Å². The number of aliphatic hydroxyl groups is 2. The van der Waals surface area contributed by atoms with Crippen LogP contribution in [0, 0.1) is 98.5 Å². The predicted molar refractivity (Wildman–Crippen MR) is 575 cm³/mol. The fraction of sp³-hybridized carbons (Fsp3) is 0.636. The van der Waals surface area contributed by atoms with E-state index in [0.29, 0.717) is 37.5 Å². The molecule has 4 bridgehead atoms. The smallest absolute Gasteiger partial charge is 0.338 e. The van der Waals surface area contributed by atoms with Crippen molar-refractivity contribution < 1.29 is 60.5 Å². The number of allylic oxidation sites excluding steroid dienone is 13. The van der Waals surface area contributed by atoms with Crippen molar-refractivity contribution in [3.05, 3.63) is 234 Å². The van der Waals surface area contributed by atoms with Gasteiger partial charge in [0.2, 0.25) is 20.0 Å². The largest absolute Gasteiger partial charge is 0.462 e. The Morgan fingerprint density at radius 3 is 0.896 bits per heavy atom. The number of carbonyl (C=O) groups is 5. The van der Waals surface area contributed by atoms with E-state index < -0.39 is 54.6 Å². The maximum absolute atomic E-state index is 13.8. The zero-order valence-corrected chi connectivity index (χ0v) is 90.0. The first-order chi connectivity index (χ1) is 61.2. The lowest BCUT2D eigenvalue weighted by Gasteiger charge is -2.42. The summed E-state index contributed by atoms with van der Waals surface area (Å²) in [7, 11) is -7.60. The Bertz CT molecular complexity index is 4360. The van der Waals surface area contributed by atoms with Crippen LogP contribution in [0.4, 0.5) is 0 Å². The lowest BCUT2D eigenvalue weighted by atomic mass is 9.63. The van der Waals surface area contributed by atoms with Gasteiger partial charge in [0.1, 0.15) is 5.78 Å². The minimum absolute atomic E-state index is 0. The number of ketones is 1. The number of rotatable bonds is 43. The van der Waals surface area contributed by atoms with E-state index in [-0.39, 0.29) is 169 Å². The molecule has 8 rings (SSSR count). The number of benzene rings is 2. The summed E-state index contributed by atoms with van der Waals surface area (Å²) < 4.78 is 67.0. The van der Waals surface area contributed by atoms with Crippen LogP contribution in [0.3, 0.4) is 0 Å². The first-order valence-corrected chi connectivity index (χ1v) is 51.9. The quantitative estimate of drug-likeness (QED) is 0.0467. The number of Topliss-reactive ketones (excluding diaryl/α,β-unsaturated/α-hetero) is 1. The van der Waals surface area contributed by atoms with Gasteiger partial charge in [0.25, 0.3) is 11.8 Å². The van der Waals surface area contributed by atoms with Crippen LogP contribution in [0.5, 0.6) is 0 Å². The van der Waals surface area contributed by atoms with E-state index in [1.54, 1.807) is 37.3 Å². The van der Waals surface area contributed by atoms with Crippen molar-refractivity contribution in [1.82, 2.24) is 8.61 Å². The molecular formula is C118H192N2O13S2. The van der Waals surface area contributed by atoms with Gasteiger partial charge in [0.15, 0.2) is 0 Å². The van der Waals surface area contributed by atoms with Gasteiger partial charge in [-0.15, -0.1) is 78.9 Å². The molecule has 11 atom stereocenters. The Morgan fingerprint density at radius 1 is 0.407 bits per heavy atom. The van der Waals surface area contributed by atoms with Gasteiger partial charge in [-0.1, -0.05) is 310 Å². The molecular weight excluding hydrogens is 1720 g/mol. The molecule has 2 N–H and O–H groups in total. The van der Waals surface area contributed by atoms with E-state index in [4.69, 9.17) is 19.7 Å². The van der Waals surface area contributed by atoms with Crippen molar-refractivity contribution in [1.29, 1.82) is 0 Å². The second-order valence-corrected chi connectivity index (χ2v) is 49.3. The number of ether oxygens (including phenoxy) is 2. The van der Waals surface area contributed by atoms with Crippen molar-refractivity contribution in [2.45, 2.75) is 342 Å². The molecule has 764 valence electrons. The lowest BCUT2D eigenvalue weighted by molar-refractivity contribution is -0.124. The summed E-state index contributed by atoms with van der Waals surface area (Å²) in [5.41, 5.74) is 0.595. The summed E-state index contributed by atoms with van der Waals surface area (Å²) >= 11 is 0. The zero-order chi connectivity index (χ0) is 103.